The van der Waals surface area contributed by atoms with Crippen LogP contribution in [0.4, 0.5) is 11.5 Å². The van der Waals surface area contributed by atoms with E-state index in [1.54, 1.807) is 12.1 Å². The molecule has 1 heterocycles. The largest absolute Gasteiger partial charge is 0.492 e. The number of nitrogens with one attached hydrogen (secondary N) is 2. The van der Waals surface area contributed by atoms with Crippen LogP contribution in [0.3, 0.4) is 0 Å². The molecule has 1 aromatic heterocycles. The van der Waals surface area contributed by atoms with Crippen molar-refractivity contribution in [2.45, 2.75) is 20.3 Å². The van der Waals surface area contributed by atoms with Gasteiger partial charge in [-0.2, -0.15) is 0 Å². The third kappa shape index (κ3) is 4.18. The average Bonchev–Trinajstić information content (AvgIpc) is 2.55. The first-order valence-electron chi connectivity index (χ1n) is 7.35. The van der Waals surface area contributed by atoms with Crippen LogP contribution < -0.4 is 15.4 Å². The molecule has 6 heteroatoms. The molecule has 6 nitrogen and oxygen atoms in total. The molecule has 0 unspecified atom stereocenters. The van der Waals surface area contributed by atoms with Gasteiger partial charge in [0.2, 0.25) is 0 Å². The van der Waals surface area contributed by atoms with Crippen LogP contribution in [0.15, 0.2) is 36.4 Å². The van der Waals surface area contributed by atoms with Crippen molar-refractivity contribution in [3.05, 3.63) is 42.1 Å². The summed E-state index contributed by atoms with van der Waals surface area (Å²) in [5.41, 5.74) is 1.11. The Morgan fingerprint density at radius 2 is 1.95 bits per heavy atom. The van der Waals surface area contributed by atoms with E-state index in [1.165, 1.54) is 0 Å². The fourth-order valence-electron chi connectivity index (χ4n) is 1.84. The number of ether oxygens (including phenoxy) is 1. The molecule has 0 spiro atoms. The van der Waals surface area contributed by atoms with Gasteiger partial charge in [-0.15, -0.1) is 10.2 Å². The summed E-state index contributed by atoms with van der Waals surface area (Å²) >= 11 is 0. The lowest BCUT2D eigenvalue weighted by molar-refractivity contribution is 0.0947. The molecule has 0 radical (unpaired) electrons. The van der Waals surface area contributed by atoms with E-state index < -0.39 is 0 Å². The first kappa shape index (κ1) is 15.8. The predicted molar refractivity (Wildman–Crippen MR) is 85.5 cm³/mol. The molecule has 1 amide bonds. The number of hydrogen-bond acceptors (Lipinski definition) is 5. The molecule has 0 atom stereocenters. The highest BCUT2D eigenvalue weighted by Crippen LogP contribution is 2.26. The molecule has 0 aliphatic heterocycles. The summed E-state index contributed by atoms with van der Waals surface area (Å²) in [6.45, 7) is 5.14. The maximum atomic E-state index is 11.8. The number of rotatable bonds is 7. The number of nitrogens with zero attached hydrogens (tertiary/aromatic N) is 2. The quantitative estimate of drug-likeness (QED) is 0.822. The van der Waals surface area contributed by atoms with Gasteiger partial charge < -0.3 is 15.4 Å². The number of para-hydroxylation sites is 2. The summed E-state index contributed by atoms with van der Waals surface area (Å²) in [5.74, 6) is 1.09. The molecule has 0 fully saturated rings. The first-order valence-corrected chi connectivity index (χ1v) is 7.35. The minimum atomic E-state index is -0.212. The lowest BCUT2D eigenvalue weighted by Gasteiger charge is -2.11. The molecular formula is C16H20N4O2. The van der Waals surface area contributed by atoms with Crippen LogP contribution >= 0.6 is 0 Å². The summed E-state index contributed by atoms with van der Waals surface area (Å²) < 4.78 is 5.54. The molecule has 2 rings (SSSR count). The summed E-state index contributed by atoms with van der Waals surface area (Å²) in [7, 11) is 0. The van der Waals surface area contributed by atoms with Crippen molar-refractivity contribution >= 4 is 17.4 Å². The van der Waals surface area contributed by atoms with Crippen molar-refractivity contribution < 1.29 is 9.53 Å². The van der Waals surface area contributed by atoms with E-state index in [0.29, 0.717) is 24.7 Å². The molecule has 2 N–H and O–H groups in total. The Balaban J connectivity index is 2.07. The zero-order chi connectivity index (χ0) is 15.8. The lowest BCUT2D eigenvalue weighted by Crippen LogP contribution is -2.25. The number of anilines is 2. The Morgan fingerprint density at radius 1 is 1.14 bits per heavy atom. The molecule has 116 valence electrons. The second kappa shape index (κ2) is 7.97. The third-order valence-corrected chi connectivity index (χ3v) is 2.88. The third-order valence-electron chi connectivity index (χ3n) is 2.88. The lowest BCUT2D eigenvalue weighted by atomic mass is 10.3. The highest BCUT2D eigenvalue weighted by atomic mass is 16.5. The van der Waals surface area contributed by atoms with Crippen molar-refractivity contribution in [1.82, 2.24) is 15.5 Å². The fourth-order valence-corrected chi connectivity index (χ4v) is 1.84. The van der Waals surface area contributed by atoms with Gasteiger partial charge in [0.15, 0.2) is 11.5 Å². The summed E-state index contributed by atoms with van der Waals surface area (Å²) in [5, 5.41) is 13.9. The number of hydrogen-bond donors (Lipinski definition) is 2. The molecule has 1 aromatic carbocycles. The van der Waals surface area contributed by atoms with E-state index in [2.05, 4.69) is 20.8 Å². The second-order valence-corrected chi connectivity index (χ2v) is 4.61. The van der Waals surface area contributed by atoms with Crippen molar-refractivity contribution in [3.63, 3.8) is 0 Å². The maximum Gasteiger partial charge on any atom is 0.271 e. The van der Waals surface area contributed by atoms with Gasteiger partial charge in [-0.1, -0.05) is 19.1 Å². The number of carbonyl (C=O) groups excluding carboxylic acids is 1. The normalized spacial score (nSPS) is 10.1. The Morgan fingerprint density at radius 3 is 2.64 bits per heavy atom. The minimum Gasteiger partial charge on any atom is -0.492 e. The molecule has 2 aromatic rings. The van der Waals surface area contributed by atoms with Gasteiger partial charge in [0, 0.05) is 6.54 Å². The van der Waals surface area contributed by atoms with E-state index in [1.807, 2.05) is 38.1 Å². The minimum absolute atomic E-state index is 0.212. The van der Waals surface area contributed by atoms with E-state index in [-0.39, 0.29) is 5.91 Å². The molecule has 0 saturated carbocycles. The Bertz CT molecular complexity index is 614. The van der Waals surface area contributed by atoms with Gasteiger partial charge in [0.05, 0.1) is 12.3 Å². The van der Waals surface area contributed by atoms with Crippen LogP contribution in [0.2, 0.25) is 0 Å². The highest BCUT2D eigenvalue weighted by Gasteiger charge is 2.08. The van der Waals surface area contributed by atoms with Gasteiger partial charge in [0.25, 0.3) is 5.91 Å². The zero-order valence-corrected chi connectivity index (χ0v) is 12.8. The van der Waals surface area contributed by atoms with Crippen LogP contribution in [0.5, 0.6) is 5.75 Å². The van der Waals surface area contributed by atoms with Crippen LogP contribution in [0.25, 0.3) is 0 Å². The SMILES string of the molecule is CCCNC(=O)c1ccc(Nc2ccccc2OCC)nn1. The average molecular weight is 300 g/mol. The van der Waals surface area contributed by atoms with Crippen LogP contribution in [-0.2, 0) is 0 Å². The summed E-state index contributed by atoms with van der Waals surface area (Å²) in [4.78, 5) is 11.8. The monoisotopic (exact) mass is 300 g/mol. The maximum absolute atomic E-state index is 11.8. The summed E-state index contributed by atoms with van der Waals surface area (Å²) in [6, 6.07) is 11.0. The molecular weight excluding hydrogens is 280 g/mol. The van der Waals surface area contributed by atoms with Gasteiger partial charge in [-0.05, 0) is 37.6 Å². The van der Waals surface area contributed by atoms with E-state index in [0.717, 1.165) is 17.9 Å². The van der Waals surface area contributed by atoms with Crippen molar-refractivity contribution in [2.24, 2.45) is 0 Å². The molecule has 0 aliphatic carbocycles. The Hall–Kier alpha value is -2.63. The number of aromatic nitrogens is 2. The Kier molecular flexibility index (Phi) is 5.71. The van der Waals surface area contributed by atoms with Gasteiger partial charge >= 0.3 is 0 Å². The van der Waals surface area contributed by atoms with E-state index >= 15 is 0 Å². The van der Waals surface area contributed by atoms with Crippen LogP contribution in [-0.4, -0.2) is 29.3 Å². The van der Waals surface area contributed by atoms with Gasteiger partial charge in [-0.3, -0.25) is 4.79 Å². The first-order chi connectivity index (χ1) is 10.7. The van der Waals surface area contributed by atoms with Crippen LogP contribution in [0.1, 0.15) is 30.8 Å². The number of benzene rings is 1. The van der Waals surface area contributed by atoms with Crippen molar-refractivity contribution in [3.8, 4) is 5.75 Å². The molecule has 0 aliphatic rings. The fraction of sp³-hybridized carbons (Fsp3) is 0.312. The molecule has 0 bridgehead atoms. The van der Waals surface area contributed by atoms with Gasteiger partial charge in [0.1, 0.15) is 5.75 Å². The standard InChI is InChI=1S/C16H20N4O2/c1-3-11-17-16(21)13-9-10-15(20-19-13)18-12-7-5-6-8-14(12)22-4-2/h5-10H,3-4,11H2,1-2H3,(H,17,21)(H,18,20). The smallest absolute Gasteiger partial charge is 0.271 e. The predicted octanol–water partition coefficient (Wildman–Crippen LogP) is 2.76. The highest BCUT2D eigenvalue weighted by molar-refractivity contribution is 5.92. The van der Waals surface area contributed by atoms with E-state index in [4.69, 9.17) is 4.74 Å². The molecule has 0 saturated heterocycles. The molecule has 22 heavy (non-hydrogen) atoms. The number of amides is 1. The number of carbonyl (C=O) groups is 1. The topological polar surface area (TPSA) is 76.1 Å². The van der Waals surface area contributed by atoms with Gasteiger partial charge in [-0.25, -0.2) is 0 Å². The summed E-state index contributed by atoms with van der Waals surface area (Å²) in [6.07, 6.45) is 0.882. The second-order valence-electron chi connectivity index (χ2n) is 4.61. The van der Waals surface area contributed by atoms with E-state index in [9.17, 15) is 4.79 Å². The van der Waals surface area contributed by atoms with Crippen molar-refractivity contribution in [2.75, 3.05) is 18.5 Å². The van der Waals surface area contributed by atoms with Crippen molar-refractivity contribution in [1.29, 1.82) is 0 Å². The Labute approximate surface area is 129 Å². The zero-order valence-electron chi connectivity index (χ0n) is 12.8. The van der Waals surface area contributed by atoms with Crippen LogP contribution in [0, 0.1) is 0 Å².